The standard InChI is InChI=1S/C30H35NO5.C27H37NO5/c1-21(2)31(30(34)24-13-11-23(12-14-24)27-7-6-18-36-27)20-26-19-25(22-9-10-22)15-16-28(26)35-17-5-3-4-8-29(32)33;1-20(2)28(27(31)22-15-13-21(14-16-22)24-11-8-18-33-24)19-23-9-5-6-10-25(23)32-17-7-3-4-12-26(29)30/h6-7,11-16,18-19,21-22H,3-5,8-10,17,20H2,1-2H3,(H,32,33);8,11,13-16,18,20,23,25H,3-7,9-10,12,17,19H2,1-2H3,(H,29,30)/i21D;19D2. The van der Waals surface area contributed by atoms with Gasteiger partial charge in [0, 0.05) is 81.0 Å². The number of ether oxygens (including phenoxy) is 2. The summed E-state index contributed by atoms with van der Waals surface area (Å²) < 4.78 is 50.0. The van der Waals surface area contributed by atoms with Crippen LogP contribution in [0.25, 0.3) is 22.6 Å². The second kappa shape index (κ2) is 26.6. The summed E-state index contributed by atoms with van der Waals surface area (Å²) in [5.41, 5.74) is 4.81. The van der Waals surface area contributed by atoms with Crippen molar-refractivity contribution in [3.05, 3.63) is 126 Å². The van der Waals surface area contributed by atoms with Crippen molar-refractivity contribution in [3.8, 4) is 28.4 Å². The topological polar surface area (TPSA) is 160 Å². The molecule has 2 N–H and O–H groups in total. The van der Waals surface area contributed by atoms with E-state index in [4.69, 9.17) is 32.6 Å². The first-order valence-electron chi connectivity index (χ1n) is 26.2. The summed E-state index contributed by atoms with van der Waals surface area (Å²) in [6.45, 7) is 6.44. The molecule has 2 atom stereocenters. The fourth-order valence-corrected chi connectivity index (χ4v) is 8.46. The van der Waals surface area contributed by atoms with Gasteiger partial charge in [-0.25, -0.2) is 0 Å². The smallest absolute Gasteiger partial charge is 0.303 e. The number of rotatable bonds is 25. The average Bonchev–Trinajstić information content (AvgIpc) is 3.76. The van der Waals surface area contributed by atoms with Crippen LogP contribution in [0.5, 0.6) is 5.75 Å². The van der Waals surface area contributed by atoms with Gasteiger partial charge in [0.2, 0.25) is 0 Å². The largest absolute Gasteiger partial charge is 0.493 e. The molecule has 5 aromatic rings. The van der Waals surface area contributed by atoms with Gasteiger partial charge in [0.05, 0.1) is 26.6 Å². The monoisotopic (exact) mass is 948 g/mol. The van der Waals surface area contributed by atoms with Gasteiger partial charge < -0.3 is 38.3 Å². The number of carboxylic acid groups (broad SMARTS) is 2. The van der Waals surface area contributed by atoms with E-state index in [1.165, 1.54) is 10.5 Å². The molecule has 7 rings (SSSR count). The summed E-state index contributed by atoms with van der Waals surface area (Å²) >= 11 is 0. The Bertz CT molecular complexity index is 2480. The maximum absolute atomic E-state index is 13.6. The molecule has 0 saturated heterocycles. The lowest BCUT2D eigenvalue weighted by Gasteiger charge is -2.37. The Morgan fingerprint density at radius 1 is 0.681 bits per heavy atom. The van der Waals surface area contributed by atoms with Crippen LogP contribution in [0.4, 0.5) is 0 Å². The molecule has 2 aliphatic carbocycles. The first kappa shape index (κ1) is 47.9. The Morgan fingerprint density at radius 3 is 1.74 bits per heavy atom. The number of hydrogen-bond acceptors (Lipinski definition) is 8. The van der Waals surface area contributed by atoms with E-state index < -0.39 is 30.4 Å². The molecule has 2 fully saturated rings. The molecule has 2 unspecified atom stereocenters. The Labute approximate surface area is 412 Å². The molecule has 2 saturated carbocycles. The predicted molar refractivity (Wildman–Crippen MR) is 267 cm³/mol. The van der Waals surface area contributed by atoms with Gasteiger partial charge in [-0.15, -0.1) is 0 Å². The highest BCUT2D eigenvalue weighted by atomic mass is 16.5. The molecular weight excluding hydrogens is 873 g/mol. The Balaban J connectivity index is 0.000000236. The summed E-state index contributed by atoms with van der Waals surface area (Å²) in [5.74, 6) is 0.144. The summed E-state index contributed by atoms with van der Waals surface area (Å²) in [6, 6.07) is 26.4. The third-order valence-corrected chi connectivity index (χ3v) is 12.5. The zero-order valence-corrected chi connectivity index (χ0v) is 40.7. The SMILES string of the molecule is [2H]C(C)(C)N(Cc1cc(C2CC2)ccc1OCCCCCC(=O)O)C(=O)c1ccc(-c2ccco2)cc1.[2H]C([2H])(C1CCCCC1OCCCCCC(=O)O)N(C(=O)c1ccc(-c2ccco2)cc1)C(C)C. The number of furan rings is 2. The van der Waals surface area contributed by atoms with E-state index in [2.05, 4.69) is 12.1 Å². The highest BCUT2D eigenvalue weighted by molar-refractivity contribution is 5.95. The summed E-state index contributed by atoms with van der Waals surface area (Å²) in [6.07, 6.45) is 13.2. The van der Waals surface area contributed by atoms with Gasteiger partial charge in [-0.1, -0.05) is 55.7 Å². The molecule has 370 valence electrons. The zero-order valence-electron chi connectivity index (χ0n) is 43.7. The van der Waals surface area contributed by atoms with Crippen LogP contribution >= 0.6 is 0 Å². The minimum Gasteiger partial charge on any atom is -0.493 e. The molecule has 0 bridgehead atoms. The van der Waals surface area contributed by atoms with Gasteiger partial charge in [0.1, 0.15) is 17.3 Å². The van der Waals surface area contributed by atoms with Gasteiger partial charge >= 0.3 is 11.9 Å². The van der Waals surface area contributed by atoms with Crippen LogP contribution in [0.3, 0.4) is 0 Å². The van der Waals surface area contributed by atoms with E-state index >= 15 is 0 Å². The second-order valence-electron chi connectivity index (χ2n) is 18.5. The number of aliphatic carboxylic acids is 2. The maximum Gasteiger partial charge on any atom is 0.303 e. The zero-order chi connectivity index (χ0) is 51.8. The second-order valence-corrected chi connectivity index (χ2v) is 18.5. The quantitative estimate of drug-likeness (QED) is 0.0539. The molecular formula is C57H72N2O10. The van der Waals surface area contributed by atoms with Crippen molar-refractivity contribution in [2.24, 2.45) is 5.92 Å². The van der Waals surface area contributed by atoms with Crippen molar-refractivity contribution in [1.29, 1.82) is 0 Å². The molecule has 2 aliphatic rings. The number of benzene rings is 3. The van der Waals surface area contributed by atoms with Crippen molar-refractivity contribution >= 4 is 23.8 Å². The fourth-order valence-electron chi connectivity index (χ4n) is 8.46. The third-order valence-electron chi connectivity index (χ3n) is 12.5. The molecule has 0 radical (unpaired) electrons. The predicted octanol–water partition coefficient (Wildman–Crippen LogP) is 12.9. The Kier molecular flexibility index (Phi) is 18.4. The van der Waals surface area contributed by atoms with Crippen LogP contribution in [-0.4, -0.2) is 81.6 Å². The summed E-state index contributed by atoms with van der Waals surface area (Å²) in [5, 5.41) is 17.6. The lowest BCUT2D eigenvalue weighted by molar-refractivity contribution is -0.138. The van der Waals surface area contributed by atoms with E-state index in [1.54, 1.807) is 55.5 Å². The highest BCUT2D eigenvalue weighted by Crippen LogP contribution is 2.42. The molecule has 2 aromatic heterocycles. The minimum atomic E-state index is -1.88. The number of nitrogens with zero attached hydrogens (tertiary/aromatic N) is 2. The van der Waals surface area contributed by atoms with E-state index in [1.807, 2.05) is 68.4 Å². The first-order valence-corrected chi connectivity index (χ1v) is 24.7. The van der Waals surface area contributed by atoms with Crippen LogP contribution in [0.2, 0.25) is 0 Å². The van der Waals surface area contributed by atoms with Crippen LogP contribution in [0.15, 0.2) is 112 Å². The number of carbonyl (C=O) groups excluding carboxylic acids is 2. The fraction of sp³-hybridized carbons (Fsp3) is 0.474. The molecule has 12 heteroatoms. The van der Waals surface area contributed by atoms with Gasteiger partial charge in [0.15, 0.2) is 0 Å². The minimum absolute atomic E-state index is 0.155. The van der Waals surface area contributed by atoms with E-state index in [0.29, 0.717) is 61.0 Å². The van der Waals surface area contributed by atoms with Crippen molar-refractivity contribution < 1.29 is 51.8 Å². The van der Waals surface area contributed by atoms with Crippen LogP contribution in [0.1, 0.15) is 159 Å². The van der Waals surface area contributed by atoms with E-state index in [9.17, 15) is 19.2 Å². The van der Waals surface area contributed by atoms with Crippen molar-refractivity contribution in [2.45, 2.75) is 148 Å². The van der Waals surface area contributed by atoms with Gasteiger partial charge in [0.25, 0.3) is 11.8 Å². The van der Waals surface area contributed by atoms with Crippen LogP contribution in [0, 0.1) is 5.92 Å². The Morgan fingerprint density at radius 2 is 1.23 bits per heavy atom. The number of hydrogen-bond donors (Lipinski definition) is 2. The number of carboxylic acids is 2. The number of unbranched alkanes of at least 4 members (excludes halogenated alkanes) is 4. The number of carbonyl (C=O) groups is 4. The number of amides is 2. The van der Waals surface area contributed by atoms with Crippen molar-refractivity contribution in [1.82, 2.24) is 9.80 Å². The first-order chi connectivity index (χ1) is 34.4. The molecule has 12 nitrogen and oxygen atoms in total. The van der Waals surface area contributed by atoms with Crippen molar-refractivity contribution in [2.75, 3.05) is 19.7 Å². The van der Waals surface area contributed by atoms with Crippen LogP contribution < -0.4 is 4.74 Å². The lowest BCUT2D eigenvalue weighted by atomic mass is 9.85. The van der Waals surface area contributed by atoms with Crippen LogP contribution in [-0.2, 0) is 20.9 Å². The molecule has 0 aliphatic heterocycles. The maximum atomic E-state index is 13.6. The van der Waals surface area contributed by atoms with Gasteiger partial charge in [-0.05, 0) is 152 Å². The Hall–Kier alpha value is -6.14. The summed E-state index contributed by atoms with van der Waals surface area (Å²) in [7, 11) is 0. The molecule has 2 heterocycles. The normalized spacial score (nSPS) is 16.6. The molecule has 2 amide bonds. The average molecular weight is 948 g/mol. The molecule has 3 aromatic carbocycles. The van der Waals surface area contributed by atoms with Crippen molar-refractivity contribution in [3.63, 3.8) is 0 Å². The third kappa shape index (κ3) is 16.2. The molecule has 69 heavy (non-hydrogen) atoms. The highest BCUT2D eigenvalue weighted by Gasteiger charge is 2.31. The summed E-state index contributed by atoms with van der Waals surface area (Å²) in [4.78, 5) is 51.5. The van der Waals surface area contributed by atoms with E-state index in [0.717, 1.165) is 80.2 Å². The lowest BCUT2D eigenvalue weighted by Crippen LogP contribution is -2.44. The van der Waals surface area contributed by atoms with E-state index in [-0.39, 0.29) is 43.3 Å². The van der Waals surface area contributed by atoms with Gasteiger partial charge in [-0.3, -0.25) is 19.2 Å². The molecule has 0 spiro atoms. The van der Waals surface area contributed by atoms with Gasteiger partial charge in [-0.2, -0.15) is 0 Å².